The fourth-order valence-electron chi connectivity index (χ4n) is 3.79. The van der Waals surface area contributed by atoms with Gasteiger partial charge in [-0.05, 0) is 49.9 Å². The summed E-state index contributed by atoms with van der Waals surface area (Å²) >= 11 is 0. The van der Waals surface area contributed by atoms with Gasteiger partial charge in [0.05, 0.1) is 24.5 Å². The second kappa shape index (κ2) is 10.0. The Hall–Kier alpha value is -3.07. The molecule has 3 rings (SSSR count). The first-order valence-electron chi connectivity index (χ1n) is 10.4. The summed E-state index contributed by atoms with van der Waals surface area (Å²) in [6.45, 7) is 0. The molecule has 1 atom stereocenters. The third kappa shape index (κ3) is 5.21. The summed E-state index contributed by atoms with van der Waals surface area (Å²) in [5.74, 6) is -1.25. The molecule has 0 aromatic heterocycles. The molecule has 1 aliphatic rings. The summed E-state index contributed by atoms with van der Waals surface area (Å²) in [4.78, 5) is 25.2. The summed E-state index contributed by atoms with van der Waals surface area (Å²) < 4.78 is 38.3. The van der Waals surface area contributed by atoms with Crippen LogP contribution in [0, 0.1) is 0 Å². The van der Waals surface area contributed by atoms with Gasteiger partial charge in [0.25, 0.3) is 5.91 Å². The number of carbonyl (C=O) groups excluding carboxylic acids is 1. The Morgan fingerprint density at radius 3 is 2.34 bits per heavy atom. The molecule has 0 spiro atoms. The number of amides is 1. The minimum absolute atomic E-state index is 0.0287. The van der Waals surface area contributed by atoms with Crippen LogP contribution in [0.4, 0.5) is 0 Å². The average molecular weight is 462 g/mol. The second-order valence-electron chi connectivity index (χ2n) is 7.72. The summed E-state index contributed by atoms with van der Waals surface area (Å²) in [5, 5.41) is 7.78. The zero-order valence-corrected chi connectivity index (χ0v) is 18.9. The Balaban J connectivity index is 1.97. The second-order valence-corrected chi connectivity index (χ2v) is 9.82. The molecule has 0 bridgehead atoms. The molecule has 2 aromatic carbocycles. The van der Waals surface area contributed by atoms with Crippen molar-refractivity contribution in [3.63, 3.8) is 0 Å². The van der Waals surface area contributed by atoms with E-state index in [4.69, 9.17) is 9.47 Å². The van der Waals surface area contributed by atoms with E-state index in [9.17, 15) is 23.1 Å². The summed E-state index contributed by atoms with van der Waals surface area (Å²) in [5.41, 5.74) is 0.264. The van der Waals surface area contributed by atoms with E-state index >= 15 is 0 Å². The van der Waals surface area contributed by atoms with E-state index in [1.807, 2.05) is 0 Å². The van der Waals surface area contributed by atoms with Crippen LogP contribution in [-0.2, 0) is 14.6 Å². The van der Waals surface area contributed by atoms with E-state index in [0.29, 0.717) is 5.75 Å². The van der Waals surface area contributed by atoms with Crippen LogP contribution in [0.3, 0.4) is 0 Å². The quantitative estimate of drug-likeness (QED) is 0.610. The minimum atomic E-state index is -4.24. The van der Waals surface area contributed by atoms with Gasteiger partial charge in [-0.25, -0.2) is 8.42 Å². The lowest BCUT2D eigenvalue weighted by atomic mass is 10.2. The first-order chi connectivity index (χ1) is 15.2. The molecule has 8 nitrogen and oxygen atoms in total. The van der Waals surface area contributed by atoms with Crippen molar-refractivity contribution in [2.24, 2.45) is 0 Å². The molecule has 1 fully saturated rings. The number of carboxylic acids is 1. The fourth-order valence-corrected chi connectivity index (χ4v) is 5.51. The standard InChI is InChI=1S/C23H27NO7S/c1-24(23(27)16-8-4-3-5-9-16)21(15-22(25)26)32(28,29)18-12-13-19(30-2)20(14-18)31-17-10-6-7-11-17/h3-5,8-9,12-14,17,21H,6-7,10-11,15H2,1-2H3,(H,25,26). The summed E-state index contributed by atoms with van der Waals surface area (Å²) in [6.07, 6.45) is 3.03. The van der Waals surface area contributed by atoms with Gasteiger partial charge in [0.15, 0.2) is 21.3 Å². The van der Waals surface area contributed by atoms with Crippen LogP contribution in [-0.4, -0.2) is 55.9 Å². The third-order valence-corrected chi connectivity index (χ3v) is 7.65. The highest BCUT2D eigenvalue weighted by Gasteiger charge is 2.36. The van der Waals surface area contributed by atoms with Crippen molar-refractivity contribution in [2.75, 3.05) is 14.2 Å². The lowest BCUT2D eigenvalue weighted by molar-refractivity contribution is -0.137. The highest BCUT2D eigenvalue weighted by Crippen LogP contribution is 2.35. The SMILES string of the molecule is COc1ccc(S(=O)(=O)C(CC(=O)O)N(C)C(=O)c2ccccc2)cc1OC1CCCC1. The van der Waals surface area contributed by atoms with Crippen molar-refractivity contribution in [2.45, 2.75) is 48.5 Å². The summed E-state index contributed by atoms with van der Waals surface area (Å²) in [6, 6.07) is 12.3. The predicted octanol–water partition coefficient (Wildman–Crippen LogP) is 3.36. The lowest BCUT2D eigenvalue weighted by Gasteiger charge is -2.27. The number of methoxy groups -OCH3 is 1. The van der Waals surface area contributed by atoms with Gasteiger partial charge in [0, 0.05) is 18.7 Å². The number of aliphatic carboxylic acids is 1. The molecular weight excluding hydrogens is 434 g/mol. The molecule has 1 saturated carbocycles. The average Bonchev–Trinajstić information content (AvgIpc) is 3.30. The Labute approximate surface area is 187 Å². The van der Waals surface area contributed by atoms with Crippen molar-refractivity contribution in [3.8, 4) is 11.5 Å². The zero-order valence-electron chi connectivity index (χ0n) is 18.1. The van der Waals surface area contributed by atoms with Gasteiger partial charge in [-0.2, -0.15) is 0 Å². The zero-order chi connectivity index (χ0) is 23.3. The Kier molecular flexibility index (Phi) is 7.40. The van der Waals surface area contributed by atoms with Gasteiger partial charge in [-0.15, -0.1) is 0 Å². The molecule has 0 saturated heterocycles. The highest BCUT2D eigenvalue weighted by molar-refractivity contribution is 7.92. The topological polar surface area (TPSA) is 110 Å². The molecule has 1 unspecified atom stereocenters. The number of rotatable bonds is 9. The molecule has 0 heterocycles. The Bertz CT molecular complexity index is 1060. The van der Waals surface area contributed by atoms with Gasteiger partial charge in [0.1, 0.15) is 5.37 Å². The molecular formula is C23H27NO7S. The highest BCUT2D eigenvalue weighted by atomic mass is 32.2. The van der Waals surface area contributed by atoms with E-state index < -0.39 is 33.5 Å². The number of ether oxygens (including phenoxy) is 2. The molecule has 1 aliphatic carbocycles. The van der Waals surface area contributed by atoms with Gasteiger partial charge in [0.2, 0.25) is 0 Å². The molecule has 32 heavy (non-hydrogen) atoms. The number of hydrogen-bond donors (Lipinski definition) is 1. The fraction of sp³-hybridized carbons (Fsp3) is 0.391. The largest absolute Gasteiger partial charge is 0.493 e. The van der Waals surface area contributed by atoms with E-state index in [1.165, 1.54) is 32.4 Å². The number of benzene rings is 2. The van der Waals surface area contributed by atoms with Crippen LogP contribution >= 0.6 is 0 Å². The Morgan fingerprint density at radius 2 is 1.75 bits per heavy atom. The van der Waals surface area contributed by atoms with E-state index in [2.05, 4.69) is 0 Å². The molecule has 0 radical (unpaired) electrons. The van der Waals surface area contributed by atoms with Crippen LogP contribution in [0.5, 0.6) is 11.5 Å². The lowest BCUT2D eigenvalue weighted by Crippen LogP contribution is -2.43. The molecule has 1 N–H and O–H groups in total. The minimum Gasteiger partial charge on any atom is -0.493 e. The smallest absolute Gasteiger partial charge is 0.306 e. The van der Waals surface area contributed by atoms with Crippen LogP contribution < -0.4 is 9.47 Å². The van der Waals surface area contributed by atoms with Crippen LogP contribution in [0.15, 0.2) is 53.4 Å². The van der Waals surface area contributed by atoms with Crippen molar-refractivity contribution in [3.05, 3.63) is 54.1 Å². The van der Waals surface area contributed by atoms with Gasteiger partial charge in [-0.3, -0.25) is 9.59 Å². The maximum atomic E-state index is 13.5. The van der Waals surface area contributed by atoms with Gasteiger partial charge >= 0.3 is 5.97 Å². The molecule has 9 heteroatoms. The number of carboxylic acid groups (broad SMARTS) is 1. The Morgan fingerprint density at radius 1 is 1.09 bits per heavy atom. The van der Waals surface area contributed by atoms with Crippen molar-refractivity contribution in [1.82, 2.24) is 4.90 Å². The van der Waals surface area contributed by atoms with Gasteiger partial charge in [-0.1, -0.05) is 18.2 Å². The van der Waals surface area contributed by atoms with Crippen molar-refractivity contribution >= 4 is 21.7 Å². The molecule has 0 aliphatic heterocycles. The van der Waals surface area contributed by atoms with Crippen molar-refractivity contribution < 1.29 is 32.6 Å². The van der Waals surface area contributed by atoms with Crippen LogP contribution in [0.2, 0.25) is 0 Å². The van der Waals surface area contributed by atoms with E-state index in [1.54, 1.807) is 30.3 Å². The normalized spacial score (nSPS) is 15.2. The number of carbonyl (C=O) groups is 2. The number of sulfone groups is 1. The molecule has 1 amide bonds. The maximum absolute atomic E-state index is 13.5. The first-order valence-corrected chi connectivity index (χ1v) is 11.9. The van der Waals surface area contributed by atoms with Crippen molar-refractivity contribution in [1.29, 1.82) is 0 Å². The molecule has 2 aromatic rings. The number of nitrogens with zero attached hydrogens (tertiary/aromatic N) is 1. The molecule has 172 valence electrons. The monoisotopic (exact) mass is 461 g/mol. The first kappa shape index (κ1) is 23.6. The third-order valence-electron chi connectivity index (χ3n) is 5.54. The van der Waals surface area contributed by atoms with Crippen LogP contribution in [0.25, 0.3) is 0 Å². The maximum Gasteiger partial charge on any atom is 0.306 e. The predicted molar refractivity (Wildman–Crippen MR) is 118 cm³/mol. The van der Waals surface area contributed by atoms with Crippen LogP contribution in [0.1, 0.15) is 42.5 Å². The van der Waals surface area contributed by atoms with Gasteiger partial charge < -0.3 is 19.5 Å². The van der Waals surface area contributed by atoms with E-state index in [-0.39, 0.29) is 22.3 Å². The summed E-state index contributed by atoms with van der Waals surface area (Å²) in [7, 11) is -1.49. The number of hydrogen-bond acceptors (Lipinski definition) is 6. The van der Waals surface area contributed by atoms with E-state index in [0.717, 1.165) is 30.6 Å².